The second-order valence-electron chi connectivity index (χ2n) is 8.85. The van der Waals surface area contributed by atoms with Crippen molar-refractivity contribution in [3.8, 4) is 0 Å². The lowest BCUT2D eigenvalue weighted by atomic mass is 10.0. The minimum absolute atomic E-state index is 0. The Kier molecular flexibility index (Phi) is 20.8. The molecule has 0 aliphatic heterocycles. The number of hydroxylamine groups is 4. The Labute approximate surface area is 199 Å². The molecule has 0 saturated carbocycles. The number of quaternary nitrogens is 1. The average molecular weight is 456 g/mol. The zero-order valence-corrected chi connectivity index (χ0v) is 21.5. The predicted molar refractivity (Wildman–Crippen MR) is 129 cm³/mol. The van der Waals surface area contributed by atoms with Gasteiger partial charge in [0.1, 0.15) is 6.54 Å². The summed E-state index contributed by atoms with van der Waals surface area (Å²) in [5.74, 6) is 0. The molecule has 0 bridgehead atoms. The van der Waals surface area contributed by atoms with Crippen molar-refractivity contribution in [1.29, 1.82) is 0 Å². The summed E-state index contributed by atoms with van der Waals surface area (Å²) in [7, 11) is 3.50. The average Bonchev–Trinajstić information content (AvgIpc) is 2.78. The lowest BCUT2D eigenvalue weighted by Crippen LogP contribution is -3.00. The molecule has 0 aliphatic rings. The molecule has 31 heavy (non-hydrogen) atoms. The van der Waals surface area contributed by atoms with Crippen LogP contribution < -0.4 is 12.4 Å². The number of benzene rings is 1. The third-order valence-electron chi connectivity index (χ3n) is 6.28. The van der Waals surface area contributed by atoms with Gasteiger partial charge in [-0.25, -0.2) is 0 Å². The van der Waals surface area contributed by atoms with Crippen molar-refractivity contribution in [3.63, 3.8) is 0 Å². The molecule has 0 saturated heterocycles. The van der Waals surface area contributed by atoms with Gasteiger partial charge in [0.05, 0.1) is 14.2 Å². The number of unbranched alkanes of at least 4 members (excludes halogenated alkanes) is 15. The summed E-state index contributed by atoms with van der Waals surface area (Å²) >= 11 is 0. The van der Waals surface area contributed by atoms with Gasteiger partial charge in [-0.15, -0.1) is 0 Å². The maximum absolute atomic E-state index is 5.73. The van der Waals surface area contributed by atoms with E-state index in [2.05, 4.69) is 31.2 Å². The van der Waals surface area contributed by atoms with E-state index in [1.165, 1.54) is 102 Å². The van der Waals surface area contributed by atoms with Gasteiger partial charge in [-0.2, -0.15) is 9.68 Å². The van der Waals surface area contributed by atoms with Crippen LogP contribution in [0.15, 0.2) is 30.3 Å². The van der Waals surface area contributed by atoms with Crippen molar-refractivity contribution < 1.29 is 26.9 Å². The van der Waals surface area contributed by atoms with E-state index < -0.39 is 0 Å². The number of nitrogens with zero attached hydrogens (tertiary/aromatic N) is 1. The third kappa shape index (κ3) is 15.8. The minimum atomic E-state index is 0. The van der Waals surface area contributed by atoms with E-state index in [-0.39, 0.29) is 17.2 Å². The standard InChI is InChI=1S/C27H50NO2.ClH/c1-4-5-6-7-8-9-10-11-12-13-14-15-16-17-18-22-25-28(29-2,30-3)26-27-23-20-19-21-24-27;/h19-21,23-24H,4-18,22,25-26H2,1-3H3;1H/q+1;/p-1. The number of rotatable bonds is 21. The Hall–Kier alpha value is -0.610. The minimum Gasteiger partial charge on any atom is -1.00 e. The molecule has 0 aliphatic carbocycles. The van der Waals surface area contributed by atoms with Crippen molar-refractivity contribution in [2.45, 2.75) is 116 Å². The van der Waals surface area contributed by atoms with Gasteiger partial charge in [-0.05, 0) is 11.2 Å². The first-order valence-corrected chi connectivity index (χ1v) is 12.8. The van der Waals surface area contributed by atoms with Crippen LogP contribution >= 0.6 is 0 Å². The fourth-order valence-corrected chi connectivity index (χ4v) is 4.23. The molecule has 1 aromatic carbocycles. The van der Waals surface area contributed by atoms with Crippen LogP contribution in [-0.2, 0) is 16.2 Å². The molecule has 0 fully saturated rings. The van der Waals surface area contributed by atoms with Gasteiger partial charge >= 0.3 is 0 Å². The lowest BCUT2D eigenvalue weighted by Gasteiger charge is -2.30. The van der Waals surface area contributed by atoms with Crippen LogP contribution in [0.25, 0.3) is 0 Å². The Bertz CT molecular complexity index is 479. The molecule has 0 unspecified atom stereocenters. The SMILES string of the molecule is CCCCCCCCCCCCCCCCCC[N+](Cc1ccccc1)(OC)OC.[Cl-]. The van der Waals surface area contributed by atoms with Gasteiger partial charge in [0, 0.05) is 12.0 Å². The second kappa shape index (κ2) is 21.2. The highest BCUT2D eigenvalue weighted by molar-refractivity contribution is 5.13. The van der Waals surface area contributed by atoms with Crippen molar-refractivity contribution in [2.24, 2.45) is 0 Å². The summed E-state index contributed by atoms with van der Waals surface area (Å²) in [4.78, 5) is 11.7. The van der Waals surface area contributed by atoms with Crippen LogP contribution in [-0.4, -0.2) is 25.6 Å². The number of halogens is 1. The molecular weight excluding hydrogens is 406 g/mol. The van der Waals surface area contributed by atoms with E-state index in [0.29, 0.717) is 0 Å². The fraction of sp³-hybridized carbons (Fsp3) is 0.778. The molecule has 0 N–H and O–H groups in total. The maximum Gasteiger partial charge on any atom is 0.168 e. The van der Waals surface area contributed by atoms with Crippen molar-refractivity contribution in [1.82, 2.24) is 0 Å². The Morgan fingerprint density at radius 3 is 1.35 bits per heavy atom. The summed E-state index contributed by atoms with van der Waals surface area (Å²) in [6, 6.07) is 10.5. The monoisotopic (exact) mass is 455 g/mol. The summed E-state index contributed by atoms with van der Waals surface area (Å²) < 4.78 is 0. The first kappa shape index (κ1) is 30.4. The largest absolute Gasteiger partial charge is 1.00 e. The second-order valence-corrected chi connectivity index (χ2v) is 8.85. The quantitative estimate of drug-likeness (QED) is 0.140. The van der Waals surface area contributed by atoms with Gasteiger partial charge in [-0.1, -0.05) is 127 Å². The van der Waals surface area contributed by atoms with Crippen molar-refractivity contribution >= 4 is 0 Å². The predicted octanol–water partition coefficient (Wildman–Crippen LogP) is 5.39. The highest BCUT2D eigenvalue weighted by Gasteiger charge is 2.29. The fourth-order valence-electron chi connectivity index (χ4n) is 4.23. The van der Waals surface area contributed by atoms with Crippen LogP contribution in [0.1, 0.15) is 115 Å². The highest BCUT2D eigenvalue weighted by atomic mass is 35.5. The molecule has 3 nitrogen and oxygen atoms in total. The topological polar surface area (TPSA) is 18.5 Å². The molecule has 0 spiro atoms. The molecule has 0 atom stereocenters. The molecule has 0 heterocycles. The number of hydrogen-bond acceptors (Lipinski definition) is 2. The first-order chi connectivity index (χ1) is 14.8. The smallest absolute Gasteiger partial charge is 0.168 e. The molecule has 1 rings (SSSR count). The van der Waals surface area contributed by atoms with Gasteiger partial charge in [0.2, 0.25) is 0 Å². The van der Waals surface area contributed by atoms with E-state index in [1.54, 1.807) is 14.2 Å². The van der Waals surface area contributed by atoms with E-state index in [0.717, 1.165) is 19.5 Å². The molecule has 0 aromatic heterocycles. The van der Waals surface area contributed by atoms with Crippen LogP contribution in [0.4, 0.5) is 0 Å². The molecule has 0 radical (unpaired) electrons. The Morgan fingerprint density at radius 2 is 0.968 bits per heavy atom. The Balaban J connectivity index is 0.00000900. The normalized spacial score (nSPS) is 11.5. The summed E-state index contributed by atoms with van der Waals surface area (Å²) in [6.07, 6.45) is 22.3. The van der Waals surface area contributed by atoms with Crippen LogP contribution in [0.3, 0.4) is 0 Å². The molecule has 182 valence electrons. The molecule has 4 heteroatoms. The highest BCUT2D eigenvalue weighted by Crippen LogP contribution is 2.18. The van der Waals surface area contributed by atoms with Crippen LogP contribution in [0.2, 0.25) is 0 Å². The maximum atomic E-state index is 5.73. The van der Waals surface area contributed by atoms with E-state index in [4.69, 9.17) is 9.68 Å². The Morgan fingerprint density at radius 1 is 0.581 bits per heavy atom. The van der Waals surface area contributed by atoms with Crippen LogP contribution in [0, 0.1) is 0 Å². The van der Waals surface area contributed by atoms with E-state index in [9.17, 15) is 0 Å². The van der Waals surface area contributed by atoms with Crippen molar-refractivity contribution in [2.75, 3.05) is 20.8 Å². The lowest BCUT2D eigenvalue weighted by molar-refractivity contribution is -1.25. The molecule has 1 aromatic rings. The van der Waals surface area contributed by atoms with Crippen LogP contribution in [0.5, 0.6) is 0 Å². The van der Waals surface area contributed by atoms with Gasteiger partial charge < -0.3 is 12.4 Å². The number of hydrogen-bond donors (Lipinski definition) is 0. The summed E-state index contributed by atoms with van der Waals surface area (Å²) in [5.41, 5.74) is 1.25. The van der Waals surface area contributed by atoms with E-state index in [1.807, 2.05) is 6.07 Å². The zero-order chi connectivity index (χ0) is 21.8. The van der Waals surface area contributed by atoms with Gasteiger partial charge in [0.25, 0.3) is 0 Å². The van der Waals surface area contributed by atoms with Gasteiger partial charge in [0.15, 0.2) is 6.54 Å². The third-order valence-corrected chi connectivity index (χ3v) is 6.28. The zero-order valence-electron chi connectivity index (χ0n) is 20.8. The van der Waals surface area contributed by atoms with E-state index >= 15 is 0 Å². The first-order valence-electron chi connectivity index (χ1n) is 12.8. The summed E-state index contributed by atoms with van der Waals surface area (Å²) in [5, 5.41) is 0. The van der Waals surface area contributed by atoms with Crippen molar-refractivity contribution in [3.05, 3.63) is 35.9 Å². The molecular formula is C27H50ClNO2. The molecule has 0 amide bonds. The van der Waals surface area contributed by atoms with Gasteiger partial charge in [-0.3, -0.25) is 0 Å². The summed E-state index contributed by atoms with van der Waals surface area (Å²) in [6.45, 7) is 3.95.